The molecule has 1 rings (SSSR count). The Kier molecular flexibility index (Phi) is 15.7. The summed E-state index contributed by atoms with van der Waals surface area (Å²) in [5.41, 5.74) is 4.54. The Morgan fingerprint density at radius 1 is 0.828 bits per heavy atom. The molecule has 0 heterocycles. The molecule has 1 aromatic rings. The molecule has 0 aliphatic carbocycles. The number of hydrogen-bond acceptors (Lipinski definition) is 2. The van der Waals surface area contributed by atoms with Gasteiger partial charge in [0.25, 0.3) is 0 Å². The summed E-state index contributed by atoms with van der Waals surface area (Å²) in [6.45, 7) is 4.18. The summed E-state index contributed by atoms with van der Waals surface area (Å²) in [7, 11) is 0. The van der Waals surface area contributed by atoms with E-state index in [-0.39, 0.29) is 5.91 Å². The standard InChI is InChI=1S/C26H42N2O/c1-3-4-5-6-7-8-9-10-11-12-13-14-15-16-20-23-26(29)28-27-24(2)25-21-18-17-19-22-25/h10-11,17-19,21-22H,3-9,12-16,20,23H2,1-2H3,(H,28,29). The van der Waals surface area contributed by atoms with Crippen LogP contribution in [-0.2, 0) is 4.79 Å². The van der Waals surface area contributed by atoms with Crippen molar-refractivity contribution in [1.29, 1.82) is 0 Å². The number of carbonyl (C=O) groups is 1. The Morgan fingerprint density at radius 3 is 2.00 bits per heavy atom. The maximum Gasteiger partial charge on any atom is 0.240 e. The average molecular weight is 399 g/mol. The van der Waals surface area contributed by atoms with E-state index in [2.05, 4.69) is 29.6 Å². The molecule has 0 spiro atoms. The molecule has 1 N–H and O–H groups in total. The van der Waals surface area contributed by atoms with Crippen LogP contribution in [0, 0.1) is 0 Å². The summed E-state index contributed by atoms with van der Waals surface area (Å²) in [5, 5.41) is 4.19. The van der Waals surface area contributed by atoms with Crippen molar-refractivity contribution in [3.63, 3.8) is 0 Å². The second kappa shape index (κ2) is 18.1. The molecule has 3 heteroatoms. The zero-order chi connectivity index (χ0) is 21.0. The van der Waals surface area contributed by atoms with Crippen LogP contribution in [0.2, 0.25) is 0 Å². The van der Waals surface area contributed by atoms with Gasteiger partial charge in [0.2, 0.25) is 5.91 Å². The highest BCUT2D eigenvalue weighted by molar-refractivity contribution is 5.99. The predicted octanol–water partition coefficient (Wildman–Crippen LogP) is 7.56. The first kappa shape index (κ1) is 25.1. The van der Waals surface area contributed by atoms with E-state index >= 15 is 0 Å². The van der Waals surface area contributed by atoms with Gasteiger partial charge < -0.3 is 0 Å². The molecule has 162 valence electrons. The zero-order valence-corrected chi connectivity index (χ0v) is 18.8. The Bertz CT molecular complexity index is 578. The molecular weight excluding hydrogens is 356 g/mol. The fraction of sp³-hybridized carbons (Fsp3) is 0.615. The van der Waals surface area contributed by atoms with Crippen LogP contribution in [0.5, 0.6) is 0 Å². The number of nitrogens with zero attached hydrogens (tertiary/aromatic N) is 1. The van der Waals surface area contributed by atoms with E-state index in [0.717, 1.165) is 24.1 Å². The second-order valence-corrected chi connectivity index (χ2v) is 7.93. The van der Waals surface area contributed by atoms with Crippen LogP contribution >= 0.6 is 0 Å². The van der Waals surface area contributed by atoms with E-state index in [1.807, 2.05) is 37.3 Å². The molecule has 0 atom stereocenters. The van der Waals surface area contributed by atoms with Crippen LogP contribution in [0.4, 0.5) is 0 Å². The highest BCUT2D eigenvalue weighted by Crippen LogP contribution is 2.10. The summed E-state index contributed by atoms with van der Waals surface area (Å²) in [5.74, 6) is 0.0120. The van der Waals surface area contributed by atoms with Gasteiger partial charge >= 0.3 is 0 Å². The molecule has 0 aromatic heterocycles. The molecule has 0 saturated carbocycles. The number of benzene rings is 1. The number of allylic oxidation sites excluding steroid dienone is 2. The average Bonchev–Trinajstić information content (AvgIpc) is 2.75. The van der Waals surface area contributed by atoms with E-state index in [0.29, 0.717) is 6.42 Å². The van der Waals surface area contributed by atoms with Gasteiger partial charge in [-0.2, -0.15) is 5.10 Å². The van der Waals surface area contributed by atoms with Gasteiger partial charge in [-0.05, 0) is 44.6 Å². The lowest BCUT2D eigenvalue weighted by atomic mass is 10.1. The summed E-state index contributed by atoms with van der Waals surface area (Å²) in [4.78, 5) is 11.9. The first-order chi connectivity index (χ1) is 14.2. The minimum Gasteiger partial charge on any atom is -0.273 e. The molecule has 0 unspecified atom stereocenters. The molecule has 0 fully saturated rings. The number of nitrogens with one attached hydrogen (secondary N) is 1. The van der Waals surface area contributed by atoms with Gasteiger partial charge in [-0.3, -0.25) is 4.79 Å². The normalized spacial score (nSPS) is 11.9. The molecule has 0 aliphatic heterocycles. The molecular formula is C26H42N2O. The van der Waals surface area contributed by atoms with E-state index in [4.69, 9.17) is 0 Å². The number of amides is 1. The SMILES string of the molecule is CCCCCCCCC=CCCCCCCCC(=O)NN=C(C)c1ccccc1. The summed E-state index contributed by atoms with van der Waals surface area (Å²) in [6.07, 6.45) is 21.8. The van der Waals surface area contributed by atoms with Crippen LogP contribution in [0.15, 0.2) is 47.6 Å². The Labute approximate surface area is 179 Å². The number of carbonyl (C=O) groups excluding carboxylic acids is 1. The number of unbranched alkanes of at least 4 members (excludes halogenated alkanes) is 11. The van der Waals surface area contributed by atoms with Gasteiger partial charge in [0.15, 0.2) is 0 Å². The van der Waals surface area contributed by atoms with E-state index in [9.17, 15) is 4.79 Å². The van der Waals surface area contributed by atoms with Crippen LogP contribution in [0.25, 0.3) is 0 Å². The maximum absolute atomic E-state index is 11.9. The van der Waals surface area contributed by atoms with Crippen molar-refractivity contribution >= 4 is 11.6 Å². The molecule has 0 saturated heterocycles. The highest BCUT2D eigenvalue weighted by Gasteiger charge is 2.01. The molecule has 0 radical (unpaired) electrons. The molecule has 1 amide bonds. The summed E-state index contributed by atoms with van der Waals surface area (Å²) >= 11 is 0. The fourth-order valence-corrected chi connectivity index (χ4v) is 3.30. The lowest BCUT2D eigenvalue weighted by Crippen LogP contribution is -2.18. The van der Waals surface area contributed by atoms with Gasteiger partial charge in [-0.1, -0.05) is 101 Å². The van der Waals surface area contributed by atoms with Gasteiger partial charge in [0.05, 0.1) is 5.71 Å². The van der Waals surface area contributed by atoms with Crippen LogP contribution < -0.4 is 5.43 Å². The van der Waals surface area contributed by atoms with Gasteiger partial charge in [0, 0.05) is 6.42 Å². The minimum absolute atomic E-state index is 0.0120. The molecule has 29 heavy (non-hydrogen) atoms. The summed E-state index contributed by atoms with van der Waals surface area (Å²) in [6, 6.07) is 9.91. The van der Waals surface area contributed by atoms with Gasteiger partial charge in [0.1, 0.15) is 0 Å². The molecule has 1 aromatic carbocycles. The number of hydrogen-bond donors (Lipinski definition) is 1. The highest BCUT2D eigenvalue weighted by atomic mass is 16.2. The first-order valence-electron chi connectivity index (χ1n) is 11.8. The summed E-state index contributed by atoms with van der Waals surface area (Å²) < 4.78 is 0. The molecule has 3 nitrogen and oxygen atoms in total. The van der Waals surface area contributed by atoms with Crippen molar-refractivity contribution in [1.82, 2.24) is 5.43 Å². The molecule has 0 bridgehead atoms. The molecule has 0 aliphatic rings. The largest absolute Gasteiger partial charge is 0.273 e. The fourth-order valence-electron chi connectivity index (χ4n) is 3.30. The van der Waals surface area contributed by atoms with Crippen molar-refractivity contribution < 1.29 is 4.79 Å². The van der Waals surface area contributed by atoms with Gasteiger partial charge in [-0.15, -0.1) is 0 Å². The van der Waals surface area contributed by atoms with Crippen molar-refractivity contribution in [2.24, 2.45) is 5.10 Å². The van der Waals surface area contributed by atoms with Crippen LogP contribution in [0.3, 0.4) is 0 Å². The topological polar surface area (TPSA) is 41.5 Å². The maximum atomic E-state index is 11.9. The second-order valence-electron chi connectivity index (χ2n) is 7.93. The van der Waals surface area contributed by atoms with Crippen molar-refractivity contribution in [2.45, 2.75) is 104 Å². The third-order valence-corrected chi connectivity index (χ3v) is 5.21. The van der Waals surface area contributed by atoms with E-state index in [1.165, 1.54) is 70.6 Å². The Morgan fingerprint density at radius 2 is 1.38 bits per heavy atom. The smallest absolute Gasteiger partial charge is 0.240 e. The predicted molar refractivity (Wildman–Crippen MR) is 126 cm³/mol. The third kappa shape index (κ3) is 14.7. The number of rotatable bonds is 17. The van der Waals surface area contributed by atoms with Crippen LogP contribution in [-0.4, -0.2) is 11.6 Å². The van der Waals surface area contributed by atoms with Crippen molar-refractivity contribution in [2.75, 3.05) is 0 Å². The Hall–Kier alpha value is -1.90. The first-order valence-corrected chi connectivity index (χ1v) is 11.8. The van der Waals surface area contributed by atoms with E-state index < -0.39 is 0 Å². The Balaban J connectivity index is 1.91. The lowest BCUT2D eigenvalue weighted by Gasteiger charge is -2.03. The van der Waals surface area contributed by atoms with Crippen molar-refractivity contribution in [3.8, 4) is 0 Å². The lowest BCUT2D eigenvalue weighted by molar-refractivity contribution is -0.121. The number of hydrazone groups is 1. The minimum atomic E-state index is 0.0120. The van der Waals surface area contributed by atoms with E-state index in [1.54, 1.807) is 0 Å². The quantitative estimate of drug-likeness (QED) is 0.125. The third-order valence-electron chi connectivity index (χ3n) is 5.21. The zero-order valence-electron chi connectivity index (χ0n) is 18.8. The monoisotopic (exact) mass is 398 g/mol. The van der Waals surface area contributed by atoms with Crippen LogP contribution in [0.1, 0.15) is 109 Å². The van der Waals surface area contributed by atoms with Gasteiger partial charge in [-0.25, -0.2) is 5.43 Å². The van der Waals surface area contributed by atoms with Crippen molar-refractivity contribution in [3.05, 3.63) is 48.0 Å².